The molecule has 0 bridgehead atoms. The summed E-state index contributed by atoms with van der Waals surface area (Å²) in [4.78, 5) is 26.8. The van der Waals surface area contributed by atoms with Crippen molar-refractivity contribution in [2.45, 2.75) is 67.4 Å². The normalized spacial score (nSPS) is 22.5. The molecule has 11 heteroatoms. The Bertz CT molecular complexity index is 1060. The van der Waals surface area contributed by atoms with Gasteiger partial charge in [-0.05, 0) is 58.2 Å². The maximum absolute atomic E-state index is 13.3. The maximum Gasteiger partial charge on any atom is 0.411 e. The van der Waals surface area contributed by atoms with Gasteiger partial charge in [0.1, 0.15) is 17.2 Å². The highest BCUT2D eigenvalue weighted by Crippen LogP contribution is 2.37. The van der Waals surface area contributed by atoms with Crippen molar-refractivity contribution in [2.24, 2.45) is 0 Å². The maximum atomic E-state index is 13.3. The van der Waals surface area contributed by atoms with Crippen LogP contribution in [-0.4, -0.2) is 54.3 Å². The summed E-state index contributed by atoms with van der Waals surface area (Å²) in [6.07, 6.45) is 0.130. The molecule has 1 saturated carbocycles. The highest BCUT2D eigenvalue weighted by atomic mass is 79.9. The van der Waals surface area contributed by atoms with Gasteiger partial charge in [-0.25, -0.2) is 13.2 Å². The number of ether oxygens (including phenoxy) is 1. The summed E-state index contributed by atoms with van der Waals surface area (Å²) < 4.78 is 32.6. The molecular formula is C20H23BrClN3O5S. The number of halogens is 2. The zero-order chi connectivity index (χ0) is 23.2. The summed E-state index contributed by atoms with van der Waals surface area (Å²) in [5.74, 6) is -0.565. The number of nitrogens with zero attached hydrogens (tertiary/aromatic N) is 2. The lowest BCUT2D eigenvalue weighted by Gasteiger charge is -2.28. The second kappa shape index (κ2) is 8.26. The number of benzene rings is 1. The SMILES string of the molecule is CC(C)(C)OC(=O)N1C[C@H](S(=O)(=O)c2ccc(Br)cc2Cl)C[C@H]1C(=O)NC1(C#N)CC1. The summed E-state index contributed by atoms with van der Waals surface area (Å²) in [7, 11) is -3.94. The van der Waals surface area contributed by atoms with Gasteiger partial charge in [0.05, 0.1) is 21.2 Å². The molecule has 2 fully saturated rings. The minimum Gasteiger partial charge on any atom is -0.444 e. The number of sulfone groups is 1. The first-order valence-electron chi connectivity index (χ1n) is 9.70. The molecule has 0 unspecified atom stereocenters. The lowest BCUT2D eigenvalue weighted by atomic mass is 10.2. The van der Waals surface area contributed by atoms with E-state index in [9.17, 15) is 23.3 Å². The second-order valence-electron chi connectivity index (χ2n) is 8.81. The van der Waals surface area contributed by atoms with Gasteiger partial charge in [-0.3, -0.25) is 9.69 Å². The summed E-state index contributed by atoms with van der Waals surface area (Å²) in [6.45, 7) is 4.82. The van der Waals surface area contributed by atoms with Gasteiger partial charge < -0.3 is 10.1 Å². The quantitative estimate of drug-likeness (QED) is 0.635. The molecule has 1 N–H and O–H groups in total. The smallest absolute Gasteiger partial charge is 0.411 e. The van der Waals surface area contributed by atoms with E-state index in [1.165, 1.54) is 12.1 Å². The monoisotopic (exact) mass is 531 g/mol. The molecule has 2 atom stereocenters. The fourth-order valence-electron chi connectivity index (χ4n) is 3.39. The molecule has 2 amide bonds. The number of carbonyl (C=O) groups excluding carboxylic acids is 2. The van der Waals surface area contributed by atoms with Crippen LogP contribution in [0.15, 0.2) is 27.6 Å². The van der Waals surface area contributed by atoms with Crippen molar-refractivity contribution in [3.8, 4) is 6.07 Å². The zero-order valence-electron chi connectivity index (χ0n) is 17.3. The third kappa shape index (κ3) is 5.16. The van der Waals surface area contributed by atoms with Gasteiger partial charge in [0.2, 0.25) is 5.91 Å². The van der Waals surface area contributed by atoms with Gasteiger partial charge >= 0.3 is 6.09 Å². The fourth-order valence-corrected chi connectivity index (χ4v) is 6.12. The van der Waals surface area contributed by atoms with Crippen molar-refractivity contribution in [1.82, 2.24) is 10.2 Å². The molecule has 1 aromatic carbocycles. The first-order chi connectivity index (χ1) is 14.3. The van der Waals surface area contributed by atoms with Crippen LogP contribution in [0.3, 0.4) is 0 Å². The van der Waals surface area contributed by atoms with Crippen molar-refractivity contribution in [2.75, 3.05) is 6.54 Å². The number of nitriles is 1. The van der Waals surface area contributed by atoms with Gasteiger partial charge in [-0.15, -0.1) is 0 Å². The van der Waals surface area contributed by atoms with Crippen molar-refractivity contribution in [3.05, 3.63) is 27.7 Å². The van der Waals surface area contributed by atoms with Gasteiger partial charge in [0.25, 0.3) is 0 Å². The molecule has 31 heavy (non-hydrogen) atoms. The molecule has 3 rings (SSSR count). The lowest BCUT2D eigenvalue weighted by Crippen LogP contribution is -2.50. The highest BCUT2D eigenvalue weighted by molar-refractivity contribution is 9.10. The van der Waals surface area contributed by atoms with E-state index in [4.69, 9.17) is 16.3 Å². The Balaban J connectivity index is 1.90. The van der Waals surface area contributed by atoms with Gasteiger partial charge in [0, 0.05) is 11.0 Å². The summed E-state index contributed by atoms with van der Waals surface area (Å²) in [5, 5.41) is 10.9. The molecule has 1 aromatic rings. The average molecular weight is 533 g/mol. The van der Waals surface area contributed by atoms with E-state index in [-0.39, 0.29) is 22.9 Å². The first-order valence-corrected chi connectivity index (χ1v) is 12.4. The zero-order valence-corrected chi connectivity index (χ0v) is 20.5. The first kappa shape index (κ1) is 23.8. The predicted molar refractivity (Wildman–Crippen MR) is 117 cm³/mol. The van der Waals surface area contributed by atoms with Crippen LogP contribution in [0.25, 0.3) is 0 Å². The molecule has 0 aromatic heterocycles. The van der Waals surface area contributed by atoms with E-state index in [1.807, 2.05) is 0 Å². The van der Waals surface area contributed by atoms with Crippen molar-refractivity contribution in [1.29, 1.82) is 5.26 Å². The number of hydrogen-bond donors (Lipinski definition) is 1. The molecule has 1 heterocycles. The number of carbonyl (C=O) groups is 2. The number of nitrogens with one attached hydrogen (secondary N) is 1. The van der Waals surface area contributed by atoms with Crippen LogP contribution < -0.4 is 5.32 Å². The van der Waals surface area contributed by atoms with Crippen LogP contribution in [0.5, 0.6) is 0 Å². The Kier molecular flexibility index (Phi) is 6.35. The van der Waals surface area contributed by atoms with Gasteiger partial charge in [-0.2, -0.15) is 5.26 Å². The van der Waals surface area contributed by atoms with E-state index >= 15 is 0 Å². The number of rotatable bonds is 4. The number of hydrogen-bond acceptors (Lipinski definition) is 6. The molecule has 1 aliphatic heterocycles. The molecule has 0 radical (unpaired) electrons. The van der Waals surface area contributed by atoms with Crippen molar-refractivity contribution < 1.29 is 22.7 Å². The van der Waals surface area contributed by atoms with Crippen LogP contribution >= 0.6 is 27.5 Å². The summed E-state index contributed by atoms with van der Waals surface area (Å²) in [5.41, 5.74) is -1.77. The molecule has 8 nitrogen and oxygen atoms in total. The Morgan fingerprint density at radius 1 is 1.35 bits per heavy atom. The standard InChI is InChI=1S/C20H23BrClN3O5S/c1-19(2,3)30-18(27)25-10-13(9-15(25)17(26)24-20(11-23)6-7-20)31(28,29)16-5-4-12(21)8-14(16)22/h4-5,8,13,15H,6-7,9-10H2,1-3H3,(H,24,26)/t13-,15+/m1/s1. The Morgan fingerprint density at radius 3 is 2.52 bits per heavy atom. The van der Waals surface area contributed by atoms with E-state index in [0.717, 1.165) is 4.90 Å². The Hall–Kier alpha value is -1.83. The van der Waals surface area contributed by atoms with Gasteiger partial charge in [-0.1, -0.05) is 27.5 Å². The molecular weight excluding hydrogens is 510 g/mol. The van der Waals surface area contributed by atoms with Crippen LogP contribution in [0, 0.1) is 11.3 Å². The Morgan fingerprint density at radius 2 is 2.00 bits per heavy atom. The molecule has 168 valence electrons. The molecule has 1 aliphatic carbocycles. The minimum absolute atomic E-state index is 0.0486. The van der Waals surface area contributed by atoms with Gasteiger partial charge in [0.15, 0.2) is 9.84 Å². The largest absolute Gasteiger partial charge is 0.444 e. The van der Waals surface area contributed by atoms with E-state index in [0.29, 0.717) is 17.3 Å². The second-order valence-corrected chi connectivity index (χ2v) is 12.3. The summed E-state index contributed by atoms with van der Waals surface area (Å²) >= 11 is 9.41. The van der Waals surface area contributed by atoms with E-state index in [1.54, 1.807) is 26.8 Å². The molecule has 0 spiro atoms. The van der Waals surface area contributed by atoms with E-state index < -0.39 is 44.3 Å². The molecule has 1 saturated heterocycles. The predicted octanol–water partition coefficient (Wildman–Crippen LogP) is 3.43. The van der Waals surface area contributed by atoms with Crippen molar-refractivity contribution in [3.63, 3.8) is 0 Å². The number of likely N-dealkylation sites (tertiary alicyclic amines) is 1. The van der Waals surface area contributed by atoms with Crippen LogP contribution in [0.4, 0.5) is 4.79 Å². The van der Waals surface area contributed by atoms with Crippen LogP contribution in [0.1, 0.15) is 40.0 Å². The average Bonchev–Trinajstić information content (AvgIpc) is 3.25. The third-order valence-corrected chi connectivity index (χ3v) is 8.27. The van der Waals surface area contributed by atoms with Crippen LogP contribution in [0.2, 0.25) is 5.02 Å². The topological polar surface area (TPSA) is 117 Å². The minimum atomic E-state index is -3.94. The fraction of sp³-hybridized carbons (Fsp3) is 0.550. The Labute approximate surface area is 194 Å². The lowest BCUT2D eigenvalue weighted by molar-refractivity contribution is -0.126. The number of amides is 2. The van der Waals surface area contributed by atoms with Crippen LogP contribution in [-0.2, 0) is 19.4 Å². The highest BCUT2D eigenvalue weighted by Gasteiger charge is 2.51. The van der Waals surface area contributed by atoms with Crippen molar-refractivity contribution >= 4 is 49.4 Å². The molecule has 2 aliphatic rings. The summed E-state index contributed by atoms with van der Waals surface area (Å²) in [6, 6.07) is 5.42. The van der Waals surface area contributed by atoms with E-state index in [2.05, 4.69) is 27.3 Å². The third-order valence-electron chi connectivity index (χ3n) is 5.16.